The van der Waals surface area contributed by atoms with Crippen molar-refractivity contribution in [1.29, 1.82) is 0 Å². The minimum Gasteiger partial charge on any atom is -0.352 e. The lowest BCUT2D eigenvalue weighted by Gasteiger charge is -2.04. The van der Waals surface area contributed by atoms with Gasteiger partial charge < -0.3 is 5.32 Å². The average Bonchev–Trinajstić information content (AvgIpc) is 2.46. The van der Waals surface area contributed by atoms with Crippen LogP contribution in [0, 0.1) is 6.92 Å². The second-order valence-corrected chi connectivity index (χ2v) is 5.20. The summed E-state index contributed by atoms with van der Waals surface area (Å²) < 4.78 is 2.01. The number of pyridine rings is 1. The quantitative estimate of drug-likeness (QED) is 0.844. The number of amides is 1. The van der Waals surface area contributed by atoms with Crippen LogP contribution in [0.4, 0.5) is 0 Å². The van der Waals surface area contributed by atoms with E-state index in [9.17, 15) is 4.79 Å². The van der Waals surface area contributed by atoms with E-state index >= 15 is 0 Å². The van der Waals surface area contributed by atoms with E-state index in [-0.39, 0.29) is 5.91 Å². The lowest BCUT2D eigenvalue weighted by Crippen LogP contribution is -2.36. The van der Waals surface area contributed by atoms with Crippen molar-refractivity contribution in [1.82, 2.24) is 5.32 Å². The first kappa shape index (κ1) is 14.5. The van der Waals surface area contributed by atoms with E-state index in [2.05, 4.69) is 5.32 Å². The summed E-state index contributed by atoms with van der Waals surface area (Å²) in [6.45, 7) is 3.27. The second kappa shape index (κ2) is 7.06. The number of nitrogens with zero attached hydrogens (tertiary/aromatic N) is 1. The van der Waals surface area contributed by atoms with E-state index < -0.39 is 0 Å². The maximum absolute atomic E-state index is 11.8. The number of aryl methyl sites for hydroxylation is 2. The number of carbonyl (C=O) groups excluding carboxylic acids is 1. The molecule has 1 amide bonds. The van der Waals surface area contributed by atoms with Gasteiger partial charge in [0.25, 0.3) is 0 Å². The van der Waals surface area contributed by atoms with Crippen molar-refractivity contribution >= 4 is 17.5 Å². The van der Waals surface area contributed by atoms with Gasteiger partial charge in [0.05, 0.1) is 6.42 Å². The molecule has 4 heteroatoms. The van der Waals surface area contributed by atoms with Crippen LogP contribution in [0.1, 0.15) is 17.5 Å². The van der Waals surface area contributed by atoms with Gasteiger partial charge in [-0.25, -0.2) is 4.57 Å². The Labute approximate surface area is 124 Å². The first-order chi connectivity index (χ1) is 9.63. The molecule has 1 aromatic heterocycles. The summed E-state index contributed by atoms with van der Waals surface area (Å²) in [5.74, 6) is 0.0491. The molecule has 0 aliphatic carbocycles. The van der Waals surface area contributed by atoms with E-state index in [4.69, 9.17) is 11.6 Å². The van der Waals surface area contributed by atoms with Crippen molar-refractivity contribution in [3.63, 3.8) is 0 Å². The summed E-state index contributed by atoms with van der Waals surface area (Å²) in [5, 5.41) is 3.61. The maximum atomic E-state index is 11.8. The molecule has 0 fully saturated rings. The van der Waals surface area contributed by atoms with Crippen molar-refractivity contribution in [3.05, 3.63) is 64.9 Å². The normalized spacial score (nSPS) is 10.3. The van der Waals surface area contributed by atoms with Crippen molar-refractivity contribution in [3.8, 4) is 0 Å². The minimum absolute atomic E-state index is 0.0491. The van der Waals surface area contributed by atoms with Crippen molar-refractivity contribution in [2.75, 3.05) is 0 Å². The van der Waals surface area contributed by atoms with Crippen LogP contribution < -0.4 is 9.88 Å². The highest BCUT2D eigenvalue weighted by molar-refractivity contribution is 6.30. The Morgan fingerprint density at radius 2 is 1.80 bits per heavy atom. The number of hydrogen-bond donors (Lipinski definition) is 1. The fraction of sp³-hybridized carbons (Fsp3) is 0.250. The Morgan fingerprint density at radius 3 is 2.45 bits per heavy atom. The Morgan fingerprint density at radius 1 is 1.15 bits per heavy atom. The molecule has 2 rings (SSSR count). The second-order valence-electron chi connectivity index (χ2n) is 4.77. The van der Waals surface area contributed by atoms with E-state index in [1.807, 2.05) is 60.3 Å². The fourth-order valence-electron chi connectivity index (χ4n) is 1.80. The van der Waals surface area contributed by atoms with Crippen LogP contribution in [-0.4, -0.2) is 5.91 Å². The van der Waals surface area contributed by atoms with E-state index in [1.54, 1.807) is 0 Å². The smallest absolute Gasteiger partial charge is 0.226 e. The van der Waals surface area contributed by atoms with Crippen LogP contribution in [0.25, 0.3) is 0 Å². The average molecular weight is 290 g/mol. The molecule has 1 heterocycles. The molecule has 3 nitrogen and oxygen atoms in total. The number of benzene rings is 1. The highest BCUT2D eigenvalue weighted by atomic mass is 35.5. The Hall–Kier alpha value is -1.87. The van der Waals surface area contributed by atoms with E-state index in [1.165, 1.54) is 5.56 Å². The molecule has 0 aliphatic heterocycles. The summed E-state index contributed by atoms with van der Waals surface area (Å²) in [7, 11) is 0. The summed E-state index contributed by atoms with van der Waals surface area (Å²) in [4.78, 5) is 11.8. The molecule has 0 saturated heterocycles. The third kappa shape index (κ3) is 4.67. The molecule has 0 spiro atoms. The standard InChI is InChI=1S/C16H17ClN2O/c1-13-6-9-19(10-7-13)11-8-16(20)18-12-14-2-4-15(17)5-3-14/h2-7,9-10H,8,11-12H2,1H3/p+1. The molecule has 0 unspecified atom stereocenters. The minimum atomic E-state index is 0.0491. The maximum Gasteiger partial charge on any atom is 0.226 e. The van der Waals surface area contributed by atoms with Crippen LogP contribution in [0.2, 0.25) is 5.02 Å². The van der Waals surface area contributed by atoms with Crippen LogP contribution >= 0.6 is 11.6 Å². The molecular formula is C16H18ClN2O+. The number of carbonyl (C=O) groups is 1. The van der Waals surface area contributed by atoms with Gasteiger partial charge in [-0.1, -0.05) is 23.7 Å². The summed E-state index contributed by atoms with van der Waals surface area (Å²) in [5.41, 5.74) is 2.26. The van der Waals surface area contributed by atoms with Gasteiger partial charge >= 0.3 is 0 Å². The van der Waals surface area contributed by atoms with Crippen LogP contribution in [0.15, 0.2) is 48.8 Å². The third-order valence-corrected chi connectivity index (χ3v) is 3.31. The van der Waals surface area contributed by atoms with Gasteiger partial charge in [0.1, 0.15) is 0 Å². The van der Waals surface area contributed by atoms with Gasteiger partial charge in [0.2, 0.25) is 5.91 Å². The zero-order valence-electron chi connectivity index (χ0n) is 11.5. The van der Waals surface area contributed by atoms with Crippen LogP contribution in [-0.2, 0) is 17.9 Å². The number of hydrogen-bond acceptors (Lipinski definition) is 1. The van der Waals surface area contributed by atoms with Gasteiger partial charge in [-0.2, -0.15) is 0 Å². The monoisotopic (exact) mass is 289 g/mol. The van der Waals surface area contributed by atoms with Crippen LogP contribution in [0.5, 0.6) is 0 Å². The molecule has 20 heavy (non-hydrogen) atoms. The Balaban J connectivity index is 1.75. The highest BCUT2D eigenvalue weighted by Crippen LogP contribution is 2.09. The zero-order valence-corrected chi connectivity index (χ0v) is 12.2. The highest BCUT2D eigenvalue weighted by Gasteiger charge is 2.06. The lowest BCUT2D eigenvalue weighted by atomic mass is 10.2. The molecule has 1 aromatic carbocycles. The molecule has 2 aromatic rings. The van der Waals surface area contributed by atoms with Gasteiger partial charge in [-0.15, -0.1) is 0 Å². The number of aromatic nitrogens is 1. The van der Waals surface area contributed by atoms with Gasteiger partial charge in [-0.05, 0) is 30.2 Å². The molecule has 0 atom stereocenters. The molecule has 0 saturated carbocycles. The zero-order chi connectivity index (χ0) is 14.4. The van der Waals surface area contributed by atoms with Crippen molar-refractivity contribution in [2.45, 2.75) is 26.4 Å². The number of rotatable bonds is 5. The molecule has 1 N–H and O–H groups in total. The summed E-state index contributed by atoms with van der Waals surface area (Å²) >= 11 is 5.81. The SMILES string of the molecule is Cc1cc[n+](CCC(=O)NCc2ccc(Cl)cc2)cc1. The molecule has 0 aliphatic rings. The summed E-state index contributed by atoms with van der Waals surface area (Å²) in [6, 6.07) is 11.5. The topological polar surface area (TPSA) is 33.0 Å². The van der Waals surface area contributed by atoms with E-state index in [0.717, 1.165) is 5.56 Å². The number of halogens is 1. The molecule has 104 valence electrons. The lowest BCUT2D eigenvalue weighted by molar-refractivity contribution is -0.695. The van der Waals surface area contributed by atoms with Gasteiger partial charge in [-0.3, -0.25) is 4.79 Å². The molecule has 0 radical (unpaired) electrons. The Kier molecular flexibility index (Phi) is 5.13. The predicted molar refractivity (Wildman–Crippen MR) is 79.3 cm³/mol. The van der Waals surface area contributed by atoms with Crippen molar-refractivity contribution in [2.24, 2.45) is 0 Å². The first-order valence-corrected chi connectivity index (χ1v) is 6.98. The first-order valence-electron chi connectivity index (χ1n) is 6.60. The summed E-state index contributed by atoms with van der Waals surface area (Å²) in [6.07, 6.45) is 4.45. The Bertz CT molecular complexity index is 513. The molecular weight excluding hydrogens is 272 g/mol. The van der Waals surface area contributed by atoms with Gasteiger partial charge in [0.15, 0.2) is 18.9 Å². The van der Waals surface area contributed by atoms with Crippen LogP contribution in [0.3, 0.4) is 0 Å². The largest absolute Gasteiger partial charge is 0.352 e. The van der Waals surface area contributed by atoms with E-state index in [0.29, 0.717) is 24.5 Å². The fourth-order valence-corrected chi connectivity index (χ4v) is 1.93. The third-order valence-electron chi connectivity index (χ3n) is 3.06. The molecule has 0 bridgehead atoms. The van der Waals surface area contributed by atoms with Crippen molar-refractivity contribution < 1.29 is 9.36 Å². The number of nitrogens with one attached hydrogen (secondary N) is 1. The predicted octanol–water partition coefficient (Wildman–Crippen LogP) is 2.64. The van der Waals surface area contributed by atoms with Gasteiger partial charge in [0, 0.05) is 23.7 Å².